The highest BCUT2D eigenvalue weighted by Crippen LogP contribution is 2.12. The number of carbonyl (C=O) groups is 1. The van der Waals surface area contributed by atoms with Crippen LogP contribution in [-0.2, 0) is 9.53 Å². The third-order valence-corrected chi connectivity index (χ3v) is 8.17. The van der Waals surface area contributed by atoms with Crippen LogP contribution in [0.2, 0.25) is 0 Å². The Labute approximate surface area is 263 Å². The van der Waals surface area contributed by atoms with Crippen LogP contribution in [0.15, 0.2) is 24.3 Å². The molecule has 0 spiro atoms. The molecule has 0 bridgehead atoms. The molecule has 1 N–H and O–H groups in total. The molecular weight excluding hydrogens is 518 g/mol. The average molecular weight is 592 g/mol. The average Bonchev–Trinajstić information content (AvgIpc) is 2.99. The fraction of sp³-hybridized carbons (Fsp3) is 0.868. The molecule has 0 aromatic rings. The number of hydrogen-bond acceptors (Lipinski definition) is 4. The molecule has 0 aliphatic heterocycles. The maximum Gasteiger partial charge on any atom is 0.305 e. The number of esters is 1. The molecule has 0 aromatic carbocycles. The lowest BCUT2D eigenvalue weighted by Gasteiger charge is -2.22. The van der Waals surface area contributed by atoms with E-state index >= 15 is 0 Å². The van der Waals surface area contributed by atoms with Crippen molar-refractivity contribution in [3.05, 3.63) is 24.3 Å². The molecule has 4 heteroatoms. The molecular formula is C38H73NO3. The first-order valence-electron chi connectivity index (χ1n) is 18.5. The molecule has 0 fully saturated rings. The minimum absolute atomic E-state index is 0.0203. The van der Waals surface area contributed by atoms with Crippen molar-refractivity contribution in [2.75, 3.05) is 32.8 Å². The predicted octanol–water partition coefficient (Wildman–Crippen LogP) is 11.1. The molecule has 0 radical (unpaired) electrons. The summed E-state index contributed by atoms with van der Waals surface area (Å²) < 4.78 is 5.44. The Hall–Kier alpha value is -1.13. The van der Waals surface area contributed by atoms with E-state index in [0.717, 1.165) is 58.2 Å². The van der Waals surface area contributed by atoms with Crippen molar-refractivity contribution in [2.45, 2.75) is 181 Å². The molecule has 0 aliphatic rings. The van der Waals surface area contributed by atoms with Gasteiger partial charge in [-0.1, -0.05) is 134 Å². The lowest BCUT2D eigenvalue weighted by molar-refractivity contribution is -0.143. The Morgan fingerprint density at radius 2 is 1.00 bits per heavy atom. The van der Waals surface area contributed by atoms with Crippen LogP contribution < -0.4 is 0 Å². The Kier molecular flexibility index (Phi) is 35.1. The van der Waals surface area contributed by atoms with Crippen molar-refractivity contribution < 1.29 is 14.6 Å². The van der Waals surface area contributed by atoms with E-state index in [4.69, 9.17) is 4.74 Å². The summed E-state index contributed by atoms with van der Waals surface area (Å²) in [5, 5.41) is 9.28. The highest BCUT2D eigenvalue weighted by Gasteiger charge is 2.06. The van der Waals surface area contributed by atoms with E-state index in [9.17, 15) is 9.90 Å². The van der Waals surface area contributed by atoms with Gasteiger partial charge in [-0.05, 0) is 77.3 Å². The normalized spacial score (nSPS) is 11.9. The van der Waals surface area contributed by atoms with Crippen LogP contribution in [0.1, 0.15) is 181 Å². The van der Waals surface area contributed by atoms with E-state index in [1.807, 2.05) is 0 Å². The topological polar surface area (TPSA) is 49.8 Å². The second-order valence-corrected chi connectivity index (χ2v) is 12.4. The van der Waals surface area contributed by atoms with E-state index in [0.29, 0.717) is 13.0 Å². The van der Waals surface area contributed by atoms with Gasteiger partial charge in [0.15, 0.2) is 0 Å². The van der Waals surface area contributed by atoms with Crippen LogP contribution in [0.25, 0.3) is 0 Å². The molecule has 0 aliphatic carbocycles. The summed E-state index contributed by atoms with van der Waals surface area (Å²) in [5.41, 5.74) is 0. The molecule has 0 saturated carbocycles. The van der Waals surface area contributed by atoms with E-state index in [1.165, 1.54) is 122 Å². The standard InChI is InChI=1S/C38H73NO3/c1-3-5-7-9-11-13-14-15-16-17-18-19-20-22-24-28-33-39(35-31-36-40)34-29-26-27-32-38(41)42-37-30-25-23-21-12-10-8-6-4-2/h11,13,15-16,40H,3-10,12,14,17-37H2,1-2H3/b13-11+,16-15+. The molecule has 248 valence electrons. The molecule has 0 heterocycles. The molecule has 0 atom stereocenters. The number of allylic oxidation sites excluding steroid dienone is 4. The fourth-order valence-electron chi connectivity index (χ4n) is 5.41. The third kappa shape index (κ3) is 33.4. The van der Waals surface area contributed by atoms with Crippen LogP contribution in [0, 0.1) is 0 Å². The Balaban J connectivity index is 3.64. The van der Waals surface area contributed by atoms with Gasteiger partial charge in [0.25, 0.3) is 0 Å². The smallest absolute Gasteiger partial charge is 0.305 e. The van der Waals surface area contributed by atoms with Crippen LogP contribution in [0.5, 0.6) is 0 Å². The summed E-state index contributed by atoms with van der Waals surface area (Å²) in [6.07, 6.45) is 40.8. The van der Waals surface area contributed by atoms with Gasteiger partial charge in [0.05, 0.1) is 6.61 Å². The quantitative estimate of drug-likeness (QED) is 0.0459. The van der Waals surface area contributed by atoms with Crippen molar-refractivity contribution in [3.8, 4) is 0 Å². The monoisotopic (exact) mass is 592 g/mol. The summed E-state index contributed by atoms with van der Waals surface area (Å²) in [5.74, 6) is -0.0203. The summed E-state index contributed by atoms with van der Waals surface area (Å²) in [6.45, 7) is 8.58. The second-order valence-electron chi connectivity index (χ2n) is 12.4. The number of unbranched alkanes of at least 4 members (excludes halogenated alkanes) is 19. The molecule has 0 rings (SSSR count). The lowest BCUT2D eigenvalue weighted by atomic mass is 10.1. The number of carbonyl (C=O) groups excluding carboxylic acids is 1. The first-order chi connectivity index (χ1) is 20.7. The molecule has 0 saturated heterocycles. The molecule has 0 aromatic heterocycles. The molecule has 42 heavy (non-hydrogen) atoms. The van der Waals surface area contributed by atoms with Crippen molar-refractivity contribution in [3.63, 3.8) is 0 Å². The summed E-state index contributed by atoms with van der Waals surface area (Å²) in [7, 11) is 0. The molecule has 0 amide bonds. The van der Waals surface area contributed by atoms with Gasteiger partial charge >= 0.3 is 5.97 Å². The van der Waals surface area contributed by atoms with Crippen molar-refractivity contribution in [1.29, 1.82) is 0 Å². The van der Waals surface area contributed by atoms with Crippen molar-refractivity contribution in [2.24, 2.45) is 0 Å². The van der Waals surface area contributed by atoms with Gasteiger partial charge in [0.1, 0.15) is 0 Å². The van der Waals surface area contributed by atoms with E-state index in [2.05, 4.69) is 43.1 Å². The van der Waals surface area contributed by atoms with E-state index in [1.54, 1.807) is 0 Å². The van der Waals surface area contributed by atoms with Crippen LogP contribution in [0.4, 0.5) is 0 Å². The minimum atomic E-state index is -0.0203. The van der Waals surface area contributed by atoms with Gasteiger partial charge in [-0.3, -0.25) is 4.79 Å². The van der Waals surface area contributed by atoms with Gasteiger partial charge in [-0.25, -0.2) is 0 Å². The van der Waals surface area contributed by atoms with Crippen molar-refractivity contribution >= 4 is 5.97 Å². The Bertz CT molecular complexity index is 589. The van der Waals surface area contributed by atoms with Crippen LogP contribution in [-0.4, -0.2) is 48.8 Å². The van der Waals surface area contributed by atoms with E-state index < -0.39 is 0 Å². The van der Waals surface area contributed by atoms with Gasteiger partial charge < -0.3 is 14.7 Å². The van der Waals surface area contributed by atoms with Gasteiger partial charge in [-0.15, -0.1) is 0 Å². The second kappa shape index (κ2) is 36.1. The van der Waals surface area contributed by atoms with Gasteiger partial charge in [0.2, 0.25) is 0 Å². The van der Waals surface area contributed by atoms with Crippen LogP contribution >= 0.6 is 0 Å². The number of aliphatic hydroxyl groups excluding tert-OH is 1. The SMILES string of the molecule is CCCCC/C=C/C/C=C/CCCCCCCCN(CCCO)CCCCCC(=O)OCCCCCCCCCCC. The number of ether oxygens (including phenoxy) is 1. The predicted molar refractivity (Wildman–Crippen MR) is 184 cm³/mol. The van der Waals surface area contributed by atoms with E-state index in [-0.39, 0.29) is 12.6 Å². The summed E-state index contributed by atoms with van der Waals surface area (Å²) in [6, 6.07) is 0. The summed E-state index contributed by atoms with van der Waals surface area (Å²) in [4.78, 5) is 14.5. The number of hydrogen-bond donors (Lipinski definition) is 1. The first-order valence-corrected chi connectivity index (χ1v) is 18.5. The largest absolute Gasteiger partial charge is 0.466 e. The maximum absolute atomic E-state index is 12.0. The van der Waals surface area contributed by atoms with Gasteiger partial charge in [-0.2, -0.15) is 0 Å². The Morgan fingerprint density at radius 3 is 1.60 bits per heavy atom. The summed E-state index contributed by atoms with van der Waals surface area (Å²) >= 11 is 0. The highest BCUT2D eigenvalue weighted by atomic mass is 16.5. The third-order valence-electron chi connectivity index (χ3n) is 8.17. The first kappa shape index (κ1) is 40.9. The maximum atomic E-state index is 12.0. The minimum Gasteiger partial charge on any atom is -0.466 e. The highest BCUT2D eigenvalue weighted by molar-refractivity contribution is 5.69. The zero-order chi connectivity index (χ0) is 30.6. The van der Waals surface area contributed by atoms with Crippen molar-refractivity contribution in [1.82, 2.24) is 4.90 Å². The molecule has 4 nitrogen and oxygen atoms in total. The number of rotatable bonds is 34. The zero-order valence-electron chi connectivity index (χ0n) is 28.4. The number of nitrogens with zero attached hydrogens (tertiary/aromatic N) is 1. The fourth-order valence-corrected chi connectivity index (χ4v) is 5.41. The van der Waals surface area contributed by atoms with Gasteiger partial charge in [0, 0.05) is 19.6 Å². The number of aliphatic hydroxyl groups is 1. The Morgan fingerprint density at radius 1 is 0.548 bits per heavy atom. The van der Waals surface area contributed by atoms with Crippen LogP contribution in [0.3, 0.4) is 0 Å². The zero-order valence-corrected chi connectivity index (χ0v) is 28.4. The molecule has 0 unspecified atom stereocenters. The lowest BCUT2D eigenvalue weighted by Crippen LogP contribution is -2.28.